The van der Waals surface area contributed by atoms with Gasteiger partial charge >= 0.3 is 0 Å². The van der Waals surface area contributed by atoms with Gasteiger partial charge in [0.05, 0.1) is 0 Å². The SMILES string of the molecule is N[C@@H](CC(=O)N1CCNNCC1)Cc1cc(F)c(F)cc1F. The van der Waals surface area contributed by atoms with Crippen LogP contribution in [0.1, 0.15) is 12.0 Å². The van der Waals surface area contributed by atoms with Gasteiger partial charge in [0.15, 0.2) is 11.6 Å². The summed E-state index contributed by atoms with van der Waals surface area (Å²) in [4.78, 5) is 13.8. The van der Waals surface area contributed by atoms with E-state index in [0.717, 1.165) is 6.07 Å². The highest BCUT2D eigenvalue weighted by molar-refractivity contribution is 5.76. The second kappa shape index (κ2) is 7.57. The van der Waals surface area contributed by atoms with Crippen LogP contribution in [0.15, 0.2) is 12.1 Å². The Labute approximate surface area is 126 Å². The molecule has 2 rings (SSSR count). The lowest BCUT2D eigenvalue weighted by atomic mass is 10.0. The molecule has 1 aromatic rings. The van der Waals surface area contributed by atoms with E-state index in [4.69, 9.17) is 5.73 Å². The van der Waals surface area contributed by atoms with Crippen LogP contribution in [0.2, 0.25) is 0 Å². The molecular formula is C14H19F3N4O. The number of carbonyl (C=O) groups excluding carboxylic acids is 1. The van der Waals surface area contributed by atoms with Crippen LogP contribution in [0.4, 0.5) is 13.2 Å². The van der Waals surface area contributed by atoms with Crippen molar-refractivity contribution in [2.45, 2.75) is 18.9 Å². The first kappa shape index (κ1) is 16.7. The van der Waals surface area contributed by atoms with Crippen LogP contribution in [0, 0.1) is 17.5 Å². The van der Waals surface area contributed by atoms with Crippen molar-refractivity contribution >= 4 is 5.91 Å². The molecule has 0 radical (unpaired) electrons. The Balaban J connectivity index is 1.93. The first-order chi connectivity index (χ1) is 10.5. The van der Waals surface area contributed by atoms with Gasteiger partial charge in [-0.15, -0.1) is 0 Å². The van der Waals surface area contributed by atoms with Gasteiger partial charge < -0.3 is 10.6 Å². The third-order valence-electron chi connectivity index (χ3n) is 3.50. The van der Waals surface area contributed by atoms with Crippen molar-refractivity contribution in [3.8, 4) is 0 Å². The summed E-state index contributed by atoms with van der Waals surface area (Å²) in [6.45, 7) is 2.35. The minimum Gasteiger partial charge on any atom is -0.340 e. The van der Waals surface area contributed by atoms with E-state index in [1.54, 1.807) is 4.90 Å². The zero-order valence-electron chi connectivity index (χ0n) is 12.0. The highest BCUT2D eigenvalue weighted by Crippen LogP contribution is 2.16. The average molecular weight is 316 g/mol. The number of benzene rings is 1. The van der Waals surface area contributed by atoms with Crippen molar-refractivity contribution in [1.29, 1.82) is 0 Å². The van der Waals surface area contributed by atoms with Crippen LogP contribution < -0.4 is 16.6 Å². The molecule has 122 valence electrons. The number of nitrogens with two attached hydrogens (primary N) is 1. The molecule has 1 aliphatic rings. The molecule has 1 aromatic carbocycles. The molecule has 0 spiro atoms. The molecule has 1 aliphatic heterocycles. The lowest BCUT2D eigenvalue weighted by Gasteiger charge is -2.21. The van der Waals surface area contributed by atoms with Crippen LogP contribution in [-0.4, -0.2) is 43.0 Å². The minimum atomic E-state index is -1.24. The number of halogens is 3. The van der Waals surface area contributed by atoms with Gasteiger partial charge in [-0.2, -0.15) is 0 Å². The summed E-state index contributed by atoms with van der Waals surface area (Å²) in [5, 5.41) is 0. The fourth-order valence-corrected chi connectivity index (χ4v) is 2.35. The average Bonchev–Trinajstić information content (AvgIpc) is 2.73. The molecule has 5 nitrogen and oxygen atoms in total. The van der Waals surface area contributed by atoms with Crippen LogP contribution in [0.5, 0.6) is 0 Å². The molecule has 0 aromatic heterocycles. The fourth-order valence-electron chi connectivity index (χ4n) is 2.35. The second-order valence-electron chi connectivity index (χ2n) is 5.26. The predicted octanol–water partition coefficient (Wildman–Crippen LogP) is 0.300. The van der Waals surface area contributed by atoms with E-state index < -0.39 is 23.5 Å². The standard InChI is InChI=1S/C14H19F3N4O/c15-11-8-13(17)12(16)6-9(11)5-10(18)7-14(22)21-3-1-19-20-2-4-21/h6,8,10,19-20H,1-5,7,18H2/t10-/m1/s1. The van der Waals surface area contributed by atoms with E-state index in [1.807, 2.05) is 0 Å². The Morgan fingerprint density at radius 3 is 2.36 bits per heavy atom. The number of hydrogen-bond donors (Lipinski definition) is 3. The molecule has 1 atom stereocenters. The Morgan fingerprint density at radius 1 is 1.14 bits per heavy atom. The monoisotopic (exact) mass is 316 g/mol. The van der Waals surface area contributed by atoms with Gasteiger partial charge in [-0.05, 0) is 18.1 Å². The van der Waals surface area contributed by atoms with Crippen LogP contribution in [0.25, 0.3) is 0 Å². The largest absolute Gasteiger partial charge is 0.340 e. The fraction of sp³-hybridized carbons (Fsp3) is 0.500. The summed E-state index contributed by atoms with van der Waals surface area (Å²) < 4.78 is 39.6. The van der Waals surface area contributed by atoms with Crippen LogP contribution in [-0.2, 0) is 11.2 Å². The summed E-state index contributed by atoms with van der Waals surface area (Å²) in [5.41, 5.74) is 11.7. The molecular weight excluding hydrogens is 297 g/mol. The molecule has 0 unspecified atom stereocenters. The molecule has 1 saturated heterocycles. The van der Waals surface area contributed by atoms with Crippen molar-refractivity contribution in [2.75, 3.05) is 26.2 Å². The van der Waals surface area contributed by atoms with Crippen molar-refractivity contribution < 1.29 is 18.0 Å². The van der Waals surface area contributed by atoms with E-state index in [2.05, 4.69) is 10.9 Å². The van der Waals surface area contributed by atoms with Gasteiger partial charge in [0.25, 0.3) is 0 Å². The summed E-state index contributed by atoms with van der Waals surface area (Å²) >= 11 is 0. The number of hydrogen-bond acceptors (Lipinski definition) is 4. The van der Waals surface area contributed by atoms with Crippen LogP contribution >= 0.6 is 0 Å². The minimum absolute atomic E-state index is 0.0262. The summed E-state index contributed by atoms with van der Waals surface area (Å²) in [7, 11) is 0. The summed E-state index contributed by atoms with van der Waals surface area (Å²) in [6, 6.07) is 0.621. The number of nitrogens with zero attached hydrogens (tertiary/aromatic N) is 1. The maximum atomic E-state index is 13.6. The van der Waals surface area contributed by atoms with Gasteiger partial charge in [-0.25, -0.2) is 13.2 Å². The highest BCUT2D eigenvalue weighted by atomic mass is 19.2. The van der Waals surface area contributed by atoms with Gasteiger partial charge in [0.1, 0.15) is 5.82 Å². The molecule has 8 heteroatoms. The second-order valence-corrected chi connectivity index (χ2v) is 5.26. The molecule has 0 aliphatic carbocycles. The quantitative estimate of drug-likeness (QED) is 0.699. The van der Waals surface area contributed by atoms with E-state index in [9.17, 15) is 18.0 Å². The number of hydrazine groups is 1. The number of nitrogens with one attached hydrogen (secondary N) is 2. The molecule has 0 bridgehead atoms. The zero-order valence-corrected chi connectivity index (χ0v) is 12.0. The summed E-state index contributed by atoms with van der Waals surface area (Å²) in [6.07, 6.45) is -0.00243. The van der Waals surface area contributed by atoms with Crippen molar-refractivity contribution in [3.05, 3.63) is 35.1 Å². The maximum absolute atomic E-state index is 13.6. The van der Waals surface area contributed by atoms with Gasteiger partial charge in [0.2, 0.25) is 5.91 Å². The van der Waals surface area contributed by atoms with Crippen molar-refractivity contribution in [1.82, 2.24) is 15.8 Å². The smallest absolute Gasteiger partial charge is 0.224 e. The van der Waals surface area contributed by atoms with Crippen molar-refractivity contribution in [2.24, 2.45) is 5.73 Å². The van der Waals surface area contributed by atoms with Gasteiger partial charge in [-0.3, -0.25) is 15.6 Å². The molecule has 1 amide bonds. The van der Waals surface area contributed by atoms with Gasteiger partial charge in [0, 0.05) is 44.7 Å². The lowest BCUT2D eigenvalue weighted by molar-refractivity contribution is -0.131. The number of carbonyl (C=O) groups is 1. The first-order valence-electron chi connectivity index (χ1n) is 7.10. The highest BCUT2D eigenvalue weighted by Gasteiger charge is 2.20. The third-order valence-corrected chi connectivity index (χ3v) is 3.50. The molecule has 22 heavy (non-hydrogen) atoms. The maximum Gasteiger partial charge on any atom is 0.224 e. The summed E-state index contributed by atoms with van der Waals surface area (Å²) in [5.74, 6) is -3.36. The Kier molecular flexibility index (Phi) is 5.76. The number of amides is 1. The van der Waals surface area contributed by atoms with Crippen LogP contribution in [0.3, 0.4) is 0 Å². The Morgan fingerprint density at radius 2 is 1.73 bits per heavy atom. The topological polar surface area (TPSA) is 70.4 Å². The normalized spacial score (nSPS) is 17.2. The predicted molar refractivity (Wildman–Crippen MR) is 75.2 cm³/mol. The van der Waals surface area contributed by atoms with E-state index in [1.165, 1.54) is 0 Å². The Bertz CT molecular complexity index is 533. The van der Waals surface area contributed by atoms with E-state index in [-0.39, 0.29) is 24.3 Å². The van der Waals surface area contributed by atoms with Crippen molar-refractivity contribution in [3.63, 3.8) is 0 Å². The van der Waals surface area contributed by atoms with E-state index >= 15 is 0 Å². The first-order valence-corrected chi connectivity index (χ1v) is 7.10. The molecule has 0 saturated carbocycles. The molecule has 4 N–H and O–H groups in total. The Hall–Kier alpha value is -1.64. The number of rotatable bonds is 4. The third kappa shape index (κ3) is 4.43. The van der Waals surface area contributed by atoms with E-state index in [0.29, 0.717) is 32.2 Å². The van der Waals surface area contributed by atoms with Gasteiger partial charge in [-0.1, -0.05) is 0 Å². The molecule has 1 heterocycles. The molecule has 1 fully saturated rings. The zero-order chi connectivity index (χ0) is 16.1. The lowest BCUT2D eigenvalue weighted by Crippen LogP contribution is -2.39.